The molecule has 1 fully saturated rings. The van der Waals surface area contributed by atoms with Crippen LogP contribution in [0.5, 0.6) is 0 Å². The van der Waals surface area contributed by atoms with E-state index in [4.69, 9.17) is 17.3 Å². The van der Waals surface area contributed by atoms with Crippen LogP contribution in [-0.2, 0) is 0 Å². The van der Waals surface area contributed by atoms with Gasteiger partial charge in [-0.05, 0) is 41.5 Å². The first-order chi connectivity index (χ1) is 9.25. The van der Waals surface area contributed by atoms with E-state index in [2.05, 4.69) is 15.5 Å². The molecular formula is C13H16ClN5. The maximum atomic E-state index is 6.04. The SMILES string of the molecule is Nc1ccc(Cl)cc1-c1nnnn1C1CCCCC1. The van der Waals surface area contributed by atoms with Crippen molar-refractivity contribution in [1.29, 1.82) is 0 Å². The lowest BCUT2D eigenvalue weighted by Gasteiger charge is -2.22. The number of nitrogens with zero attached hydrogens (tertiary/aromatic N) is 4. The summed E-state index contributed by atoms with van der Waals surface area (Å²) in [7, 11) is 0. The molecule has 0 atom stereocenters. The van der Waals surface area contributed by atoms with E-state index < -0.39 is 0 Å². The van der Waals surface area contributed by atoms with E-state index in [0.717, 1.165) is 18.4 Å². The molecule has 6 heteroatoms. The molecule has 2 N–H and O–H groups in total. The third-order valence-corrected chi connectivity index (χ3v) is 3.90. The minimum absolute atomic E-state index is 0.372. The topological polar surface area (TPSA) is 69.6 Å². The van der Waals surface area contributed by atoms with Crippen molar-refractivity contribution >= 4 is 17.3 Å². The van der Waals surface area contributed by atoms with Crippen LogP contribution in [0.4, 0.5) is 5.69 Å². The predicted molar refractivity (Wildman–Crippen MR) is 74.8 cm³/mol. The fourth-order valence-electron chi connectivity index (χ4n) is 2.66. The van der Waals surface area contributed by atoms with Crippen LogP contribution in [0, 0.1) is 0 Å². The van der Waals surface area contributed by atoms with Gasteiger partial charge in [0.2, 0.25) is 0 Å². The van der Waals surface area contributed by atoms with E-state index in [9.17, 15) is 0 Å². The highest BCUT2D eigenvalue weighted by Crippen LogP contribution is 2.33. The number of aromatic nitrogens is 4. The minimum Gasteiger partial charge on any atom is -0.398 e. The summed E-state index contributed by atoms with van der Waals surface area (Å²) < 4.78 is 1.90. The Hall–Kier alpha value is -1.62. The molecule has 19 heavy (non-hydrogen) atoms. The highest BCUT2D eigenvalue weighted by atomic mass is 35.5. The van der Waals surface area contributed by atoms with Crippen molar-refractivity contribution in [2.24, 2.45) is 0 Å². The number of nitrogens with two attached hydrogens (primary N) is 1. The first-order valence-electron chi connectivity index (χ1n) is 6.59. The van der Waals surface area contributed by atoms with Crippen molar-refractivity contribution in [3.05, 3.63) is 23.2 Å². The zero-order valence-electron chi connectivity index (χ0n) is 10.6. The molecule has 100 valence electrons. The monoisotopic (exact) mass is 277 g/mol. The van der Waals surface area contributed by atoms with Crippen LogP contribution in [0.25, 0.3) is 11.4 Å². The predicted octanol–water partition coefficient (Wildman–Crippen LogP) is 3.08. The third-order valence-electron chi connectivity index (χ3n) is 3.67. The van der Waals surface area contributed by atoms with Gasteiger partial charge in [0.05, 0.1) is 6.04 Å². The summed E-state index contributed by atoms with van der Waals surface area (Å²) in [6.45, 7) is 0. The van der Waals surface area contributed by atoms with Gasteiger partial charge in [-0.25, -0.2) is 4.68 Å². The van der Waals surface area contributed by atoms with Crippen LogP contribution in [0.15, 0.2) is 18.2 Å². The Balaban J connectivity index is 2.01. The Morgan fingerprint density at radius 1 is 1.21 bits per heavy atom. The van der Waals surface area contributed by atoms with Crippen molar-refractivity contribution < 1.29 is 0 Å². The number of anilines is 1. The lowest BCUT2D eigenvalue weighted by atomic mass is 9.95. The summed E-state index contributed by atoms with van der Waals surface area (Å²) in [5, 5.41) is 12.7. The first kappa shape index (κ1) is 12.4. The van der Waals surface area contributed by atoms with Crippen molar-refractivity contribution in [2.45, 2.75) is 38.1 Å². The van der Waals surface area contributed by atoms with Crippen LogP contribution in [0.1, 0.15) is 38.1 Å². The van der Waals surface area contributed by atoms with Gasteiger partial charge < -0.3 is 5.73 Å². The van der Waals surface area contributed by atoms with Gasteiger partial charge in [0, 0.05) is 16.3 Å². The van der Waals surface area contributed by atoms with Crippen LogP contribution in [-0.4, -0.2) is 20.2 Å². The van der Waals surface area contributed by atoms with Crippen molar-refractivity contribution in [3.63, 3.8) is 0 Å². The highest BCUT2D eigenvalue weighted by Gasteiger charge is 2.21. The van der Waals surface area contributed by atoms with Gasteiger partial charge in [0.1, 0.15) is 0 Å². The van der Waals surface area contributed by atoms with E-state index in [0.29, 0.717) is 22.6 Å². The van der Waals surface area contributed by atoms with Gasteiger partial charge in [0.15, 0.2) is 5.82 Å². The number of tetrazole rings is 1. The average molecular weight is 278 g/mol. The fraction of sp³-hybridized carbons (Fsp3) is 0.462. The van der Waals surface area contributed by atoms with Crippen molar-refractivity contribution in [1.82, 2.24) is 20.2 Å². The molecular weight excluding hydrogens is 262 g/mol. The first-order valence-corrected chi connectivity index (χ1v) is 6.97. The average Bonchev–Trinajstić information content (AvgIpc) is 2.91. The molecule has 1 aromatic carbocycles. The summed E-state index contributed by atoms with van der Waals surface area (Å²) in [5.41, 5.74) is 7.47. The smallest absolute Gasteiger partial charge is 0.184 e. The molecule has 1 saturated carbocycles. The molecule has 1 heterocycles. The second-order valence-corrected chi connectivity index (χ2v) is 5.41. The van der Waals surface area contributed by atoms with E-state index in [-0.39, 0.29) is 0 Å². The maximum Gasteiger partial charge on any atom is 0.184 e. The summed E-state index contributed by atoms with van der Waals surface area (Å²) in [6, 6.07) is 5.76. The quantitative estimate of drug-likeness (QED) is 0.857. The van der Waals surface area contributed by atoms with E-state index in [1.54, 1.807) is 12.1 Å². The van der Waals surface area contributed by atoms with Crippen LogP contribution in [0.3, 0.4) is 0 Å². The number of hydrogen-bond donors (Lipinski definition) is 1. The number of nitrogen functional groups attached to an aromatic ring is 1. The normalized spacial score (nSPS) is 16.7. The number of benzene rings is 1. The number of rotatable bonds is 2. The zero-order valence-corrected chi connectivity index (χ0v) is 11.3. The number of halogens is 1. The van der Waals surface area contributed by atoms with Crippen molar-refractivity contribution in [2.75, 3.05) is 5.73 Å². The molecule has 0 amide bonds. The van der Waals surface area contributed by atoms with Gasteiger partial charge in [-0.3, -0.25) is 0 Å². The largest absolute Gasteiger partial charge is 0.398 e. The molecule has 0 saturated heterocycles. The molecule has 0 bridgehead atoms. The van der Waals surface area contributed by atoms with Crippen LogP contribution in [0.2, 0.25) is 5.02 Å². The molecule has 5 nitrogen and oxygen atoms in total. The molecule has 0 aliphatic heterocycles. The lowest BCUT2D eigenvalue weighted by Crippen LogP contribution is -2.15. The van der Waals surface area contributed by atoms with E-state index in [1.165, 1.54) is 19.3 Å². The van der Waals surface area contributed by atoms with Gasteiger partial charge in [-0.1, -0.05) is 30.9 Å². The Bertz CT molecular complexity index is 574. The summed E-state index contributed by atoms with van der Waals surface area (Å²) in [4.78, 5) is 0. The standard InChI is InChI=1S/C13H16ClN5/c14-9-6-7-12(15)11(8-9)13-16-17-18-19(13)10-4-2-1-3-5-10/h6-8,10H,1-5,15H2. The third kappa shape index (κ3) is 2.42. The van der Waals surface area contributed by atoms with Gasteiger partial charge in [0.25, 0.3) is 0 Å². The van der Waals surface area contributed by atoms with Gasteiger partial charge in [-0.2, -0.15) is 0 Å². The van der Waals surface area contributed by atoms with Gasteiger partial charge in [-0.15, -0.1) is 5.10 Å². The molecule has 2 aromatic rings. The molecule has 3 rings (SSSR count). The minimum atomic E-state index is 0.372. The van der Waals surface area contributed by atoms with Crippen LogP contribution < -0.4 is 5.73 Å². The Morgan fingerprint density at radius 3 is 2.79 bits per heavy atom. The lowest BCUT2D eigenvalue weighted by molar-refractivity contribution is 0.327. The Morgan fingerprint density at radius 2 is 2.00 bits per heavy atom. The van der Waals surface area contributed by atoms with E-state index >= 15 is 0 Å². The molecule has 0 unspecified atom stereocenters. The van der Waals surface area contributed by atoms with Crippen molar-refractivity contribution in [3.8, 4) is 11.4 Å². The summed E-state index contributed by atoms with van der Waals surface area (Å²) in [5.74, 6) is 0.715. The molecule has 1 aromatic heterocycles. The second-order valence-electron chi connectivity index (χ2n) is 4.97. The zero-order chi connectivity index (χ0) is 13.2. The van der Waals surface area contributed by atoms with Crippen LogP contribution >= 0.6 is 11.6 Å². The summed E-state index contributed by atoms with van der Waals surface area (Å²) in [6.07, 6.45) is 6.01. The second kappa shape index (κ2) is 5.17. The van der Waals surface area contributed by atoms with E-state index in [1.807, 2.05) is 10.7 Å². The molecule has 0 spiro atoms. The highest BCUT2D eigenvalue weighted by molar-refractivity contribution is 6.31. The Kier molecular flexibility index (Phi) is 3.38. The molecule has 1 aliphatic rings. The molecule has 1 aliphatic carbocycles. The molecule has 0 radical (unpaired) electrons. The van der Waals surface area contributed by atoms with Gasteiger partial charge >= 0.3 is 0 Å². The summed E-state index contributed by atoms with van der Waals surface area (Å²) >= 11 is 6.04. The Labute approximate surface area is 116 Å². The number of hydrogen-bond acceptors (Lipinski definition) is 4. The maximum absolute atomic E-state index is 6.04. The fourth-order valence-corrected chi connectivity index (χ4v) is 2.84.